The van der Waals surface area contributed by atoms with E-state index >= 15 is 0 Å². The van der Waals surface area contributed by atoms with Gasteiger partial charge in [-0.3, -0.25) is 4.79 Å². The van der Waals surface area contributed by atoms with E-state index < -0.39 is 11.9 Å². The molecule has 3 amide bonds. The van der Waals surface area contributed by atoms with E-state index in [1.807, 2.05) is 36.4 Å². The van der Waals surface area contributed by atoms with Crippen LogP contribution in [0.15, 0.2) is 57.6 Å². The Morgan fingerprint density at radius 3 is 2.59 bits per heavy atom. The lowest BCUT2D eigenvalue weighted by atomic mass is 10.1. The molecule has 2 N–H and O–H groups in total. The highest BCUT2D eigenvalue weighted by Crippen LogP contribution is 2.24. The molecule has 0 aliphatic carbocycles. The van der Waals surface area contributed by atoms with E-state index in [1.54, 1.807) is 19.1 Å². The van der Waals surface area contributed by atoms with Crippen molar-refractivity contribution >= 4 is 23.7 Å². The molecule has 0 atom stereocenters. The Morgan fingerprint density at radius 2 is 1.95 bits per heavy atom. The van der Waals surface area contributed by atoms with Crippen LogP contribution in [0.4, 0.5) is 4.79 Å². The Kier molecular flexibility index (Phi) is 3.34. The van der Waals surface area contributed by atoms with Gasteiger partial charge >= 0.3 is 6.03 Å². The molecule has 22 heavy (non-hydrogen) atoms. The number of urea groups is 1. The lowest BCUT2D eigenvalue weighted by molar-refractivity contribution is -0.122. The van der Waals surface area contributed by atoms with Gasteiger partial charge in [-0.25, -0.2) is 4.79 Å². The molecule has 1 aromatic carbocycles. The van der Waals surface area contributed by atoms with Gasteiger partial charge in [0.05, 0.1) is 11.3 Å². The number of nitrogens with zero attached hydrogens (tertiary/aromatic N) is 2. The SMILES string of the molecule is CC1=NN(C(N)=O)C(=O)/C1=C/c1ccc(-c2ccccc2)o1. The van der Waals surface area contributed by atoms with Gasteiger partial charge in [-0.15, -0.1) is 5.01 Å². The molecule has 2 aromatic rings. The molecule has 1 aromatic heterocycles. The number of primary amides is 1. The molecule has 6 nitrogen and oxygen atoms in total. The fraction of sp³-hybridized carbons (Fsp3) is 0.0625. The van der Waals surface area contributed by atoms with Crippen LogP contribution in [0.25, 0.3) is 17.4 Å². The Labute approximate surface area is 126 Å². The van der Waals surface area contributed by atoms with Crippen LogP contribution < -0.4 is 5.73 Å². The Balaban J connectivity index is 1.91. The first kappa shape index (κ1) is 13.8. The van der Waals surface area contributed by atoms with Crippen molar-refractivity contribution in [2.75, 3.05) is 0 Å². The number of nitrogens with two attached hydrogens (primary N) is 1. The summed E-state index contributed by atoms with van der Waals surface area (Å²) in [5, 5.41) is 4.47. The number of carbonyl (C=O) groups is 2. The zero-order valence-corrected chi connectivity index (χ0v) is 11.8. The maximum atomic E-state index is 12.0. The molecule has 6 heteroatoms. The fourth-order valence-electron chi connectivity index (χ4n) is 2.16. The van der Waals surface area contributed by atoms with Crippen molar-refractivity contribution in [1.82, 2.24) is 5.01 Å². The molecule has 0 fully saturated rings. The third-order valence-corrected chi connectivity index (χ3v) is 3.24. The number of benzene rings is 1. The first-order valence-electron chi connectivity index (χ1n) is 6.62. The molecule has 110 valence electrons. The van der Waals surface area contributed by atoms with Gasteiger partial charge in [-0.2, -0.15) is 5.10 Å². The van der Waals surface area contributed by atoms with Crippen LogP contribution in [0.3, 0.4) is 0 Å². The lowest BCUT2D eigenvalue weighted by Gasteiger charge is -2.03. The number of hydrogen-bond acceptors (Lipinski definition) is 4. The lowest BCUT2D eigenvalue weighted by Crippen LogP contribution is -2.33. The van der Waals surface area contributed by atoms with Crippen molar-refractivity contribution in [3.8, 4) is 11.3 Å². The summed E-state index contributed by atoms with van der Waals surface area (Å²) in [4.78, 5) is 23.2. The van der Waals surface area contributed by atoms with Crippen molar-refractivity contribution in [1.29, 1.82) is 0 Å². The van der Waals surface area contributed by atoms with Gasteiger partial charge in [0.15, 0.2) is 0 Å². The Bertz CT molecular complexity index is 803. The van der Waals surface area contributed by atoms with Crippen LogP contribution >= 0.6 is 0 Å². The molecule has 0 spiro atoms. The van der Waals surface area contributed by atoms with Crippen molar-refractivity contribution in [2.24, 2.45) is 10.8 Å². The molecule has 3 rings (SSSR count). The van der Waals surface area contributed by atoms with Gasteiger partial charge in [-0.1, -0.05) is 30.3 Å². The standard InChI is InChI=1S/C16H13N3O3/c1-10-13(15(20)19(18-10)16(17)21)9-12-7-8-14(22-12)11-5-3-2-4-6-11/h2-9H,1H3,(H2,17,21)/b13-9+. The predicted octanol–water partition coefficient (Wildman–Crippen LogP) is 2.63. The molecule has 0 bridgehead atoms. The van der Waals surface area contributed by atoms with Crippen LogP contribution in [0.5, 0.6) is 0 Å². The third-order valence-electron chi connectivity index (χ3n) is 3.24. The van der Waals surface area contributed by atoms with E-state index in [4.69, 9.17) is 10.2 Å². The second-order valence-corrected chi connectivity index (χ2v) is 4.77. The molecule has 1 aliphatic heterocycles. The summed E-state index contributed by atoms with van der Waals surface area (Å²) in [7, 11) is 0. The minimum absolute atomic E-state index is 0.285. The quantitative estimate of drug-likeness (QED) is 0.864. The molecular formula is C16H13N3O3. The van der Waals surface area contributed by atoms with E-state index in [0.29, 0.717) is 22.2 Å². The average molecular weight is 295 g/mol. The van der Waals surface area contributed by atoms with Crippen molar-refractivity contribution < 1.29 is 14.0 Å². The Hall–Kier alpha value is -3.15. The van der Waals surface area contributed by atoms with Crippen molar-refractivity contribution in [2.45, 2.75) is 6.92 Å². The van der Waals surface area contributed by atoms with Crippen molar-refractivity contribution in [3.05, 3.63) is 53.8 Å². The van der Waals surface area contributed by atoms with Crippen molar-refractivity contribution in [3.63, 3.8) is 0 Å². The number of hydrazone groups is 1. The van der Waals surface area contributed by atoms with Crippen LogP contribution in [0.2, 0.25) is 0 Å². The average Bonchev–Trinajstić information content (AvgIpc) is 3.08. The van der Waals surface area contributed by atoms with Crippen LogP contribution in [-0.2, 0) is 4.79 Å². The molecule has 0 saturated heterocycles. The Morgan fingerprint density at radius 1 is 1.23 bits per heavy atom. The maximum absolute atomic E-state index is 12.0. The summed E-state index contributed by atoms with van der Waals surface area (Å²) >= 11 is 0. The molecule has 1 aliphatic rings. The van der Waals surface area contributed by atoms with Crippen LogP contribution in [-0.4, -0.2) is 22.7 Å². The van der Waals surface area contributed by atoms with E-state index in [1.165, 1.54) is 0 Å². The van der Waals surface area contributed by atoms with Gasteiger partial charge in [0.25, 0.3) is 5.91 Å². The van der Waals surface area contributed by atoms with Crippen LogP contribution in [0.1, 0.15) is 12.7 Å². The van der Waals surface area contributed by atoms with E-state index in [-0.39, 0.29) is 5.57 Å². The highest BCUT2D eigenvalue weighted by Gasteiger charge is 2.31. The minimum Gasteiger partial charge on any atom is -0.457 e. The normalized spacial score (nSPS) is 16.2. The number of carbonyl (C=O) groups excluding carboxylic acids is 2. The molecule has 2 heterocycles. The summed E-state index contributed by atoms with van der Waals surface area (Å²) in [5.41, 5.74) is 6.74. The number of rotatable bonds is 2. The van der Waals surface area contributed by atoms with Gasteiger partial charge in [0.2, 0.25) is 0 Å². The topological polar surface area (TPSA) is 88.9 Å². The highest BCUT2D eigenvalue weighted by atomic mass is 16.3. The highest BCUT2D eigenvalue weighted by molar-refractivity contribution is 6.29. The zero-order valence-electron chi connectivity index (χ0n) is 11.8. The second-order valence-electron chi connectivity index (χ2n) is 4.77. The number of hydrogen-bond donors (Lipinski definition) is 1. The summed E-state index contributed by atoms with van der Waals surface area (Å²) < 4.78 is 5.71. The van der Waals surface area contributed by atoms with Crippen LogP contribution in [0, 0.1) is 0 Å². The number of amides is 3. The van der Waals surface area contributed by atoms with E-state index in [9.17, 15) is 9.59 Å². The zero-order chi connectivity index (χ0) is 15.7. The van der Waals surface area contributed by atoms with Gasteiger partial charge in [0, 0.05) is 5.56 Å². The molecule has 0 saturated carbocycles. The first-order valence-corrected chi connectivity index (χ1v) is 6.62. The van der Waals surface area contributed by atoms with E-state index in [2.05, 4.69) is 5.10 Å². The molecule has 0 unspecified atom stereocenters. The summed E-state index contributed by atoms with van der Waals surface area (Å²) in [6.07, 6.45) is 1.55. The smallest absolute Gasteiger partial charge is 0.342 e. The second kappa shape index (κ2) is 5.33. The number of imide groups is 1. The predicted molar refractivity (Wildman–Crippen MR) is 81.7 cm³/mol. The van der Waals surface area contributed by atoms with Gasteiger partial charge < -0.3 is 10.2 Å². The molecule has 0 radical (unpaired) electrons. The summed E-state index contributed by atoms with van der Waals surface area (Å²) in [6, 6.07) is 12.3. The van der Waals surface area contributed by atoms with Gasteiger partial charge in [0.1, 0.15) is 11.5 Å². The summed E-state index contributed by atoms with van der Waals surface area (Å²) in [6.45, 7) is 1.63. The minimum atomic E-state index is -0.905. The molecular weight excluding hydrogens is 282 g/mol. The summed E-state index contributed by atoms with van der Waals surface area (Å²) in [5.74, 6) is 0.643. The van der Waals surface area contributed by atoms with E-state index in [0.717, 1.165) is 5.56 Å². The first-order chi connectivity index (χ1) is 10.6. The largest absolute Gasteiger partial charge is 0.457 e. The third kappa shape index (κ3) is 2.42. The monoisotopic (exact) mass is 295 g/mol. The fourth-order valence-corrected chi connectivity index (χ4v) is 2.16. The number of furan rings is 1. The van der Waals surface area contributed by atoms with Gasteiger partial charge in [-0.05, 0) is 25.1 Å². The maximum Gasteiger partial charge on any atom is 0.342 e.